The maximum absolute atomic E-state index is 13.2. The normalized spacial score (nSPS) is 8.60. The summed E-state index contributed by atoms with van der Waals surface area (Å²) in [6.45, 7) is 0.292. The molecule has 0 atom stereocenters. The van der Waals surface area contributed by atoms with E-state index in [2.05, 4.69) is 21.9 Å². The van der Waals surface area contributed by atoms with Crippen molar-refractivity contribution < 1.29 is 4.39 Å². The minimum atomic E-state index is -0.439. The third-order valence-electron chi connectivity index (χ3n) is 1.62. The highest BCUT2D eigenvalue weighted by atomic mass is 19.1. The molecule has 0 saturated heterocycles. The van der Waals surface area contributed by atoms with Gasteiger partial charge in [0.05, 0.1) is 5.56 Å². The molecular weight excluding hydrogens is 195 g/mol. The predicted molar refractivity (Wildman–Crippen MR) is 56.3 cm³/mol. The Morgan fingerprint density at radius 1 is 1.53 bits per heavy atom. The molecule has 0 aliphatic heterocycles. The van der Waals surface area contributed by atoms with Gasteiger partial charge < -0.3 is 5.73 Å². The monoisotopic (exact) mass is 204 g/mol. The van der Waals surface area contributed by atoms with Crippen LogP contribution in [0.1, 0.15) is 12.0 Å². The Hall–Kier alpha value is -2.18. The fourth-order valence-electron chi connectivity index (χ4n) is 0.941. The number of nitrogens with zero attached hydrogens (tertiary/aromatic N) is 3. The molecule has 0 fully saturated rings. The number of rotatable bonds is 2. The van der Waals surface area contributed by atoms with Crippen LogP contribution in [0.25, 0.3) is 10.4 Å². The highest BCUT2D eigenvalue weighted by molar-refractivity contribution is 5.45. The fraction of sp³-hybridized carbons (Fsp3) is 0.200. The first kappa shape index (κ1) is 10.9. The van der Waals surface area contributed by atoms with Crippen molar-refractivity contribution in [1.29, 1.82) is 0 Å². The van der Waals surface area contributed by atoms with Crippen LogP contribution in [0.2, 0.25) is 0 Å². The molecule has 0 spiro atoms. The van der Waals surface area contributed by atoms with Gasteiger partial charge in [-0.05, 0) is 23.7 Å². The summed E-state index contributed by atoms with van der Waals surface area (Å²) in [4.78, 5) is 2.58. The molecule has 1 rings (SSSR count). The second kappa shape index (κ2) is 5.53. The molecule has 0 radical (unpaired) electrons. The average molecular weight is 204 g/mol. The topological polar surface area (TPSA) is 74.8 Å². The molecule has 1 aromatic rings. The van der Waals surface area contributed by atoms with Crippen LogP contribution in [0.3, 0.4) is 0 Å². The van der Waals surface area contributed by atoms with E-state index in [9.17, 15) is 4.39 Å². The lowest BCUT2D eigenvalue weighted by Gasteiger charge is -1.95. The van der Waals surface area contributed by atoms with E-state index in [0.717, 1.165) is 0 Å². The van der Waals surface area contributed by atoms with Crippen molar-refractivity contribution in [1.82, 2.24) is 0 Å². The molecule has 0 amide bonds. The highest BCUT2D eigenvalue weighted by Gasteiger charge is 1.97. The Balaban J connectivity index is 2.67. The van der Waals surface area contributed by atoms with E-state index >= 15 is 0 Å². The summed E-state index contributed by atoms with van der Waals surface area (Å²) in [7, 11) is 0. The number of hydrogen-bond donors (Lipinski definition) is 1. The number of nitrogen functional groups attached to an aromatic ring is 1. The highest BCUT2D eigenvalue weighted by Crippen LogP contribution is 2.10. The fourth-order valence-corrected chi connectivity index (χ4v) is 0.941. The Morgan fingerprint density at radius 2 is 2.33 bits per heavy atom. The summed E-state index contributed by atoms with van der Waals surface area (Å²) < 4.78 is 13.2. The van der Waals surface area contributed by atoms with Gasteiger partial charge in [-0.25, -0.2) is 4.39 Å². The van der Waals surface area contributed by atoms with Crippen molar-refractivity contribution >= 4 is 5.69 Å². The molecule has 1 aromatic carbocycles. The largest absolute Gasteiger partial charge is 0.399 e. The van der Waals surface area contributed by atoms with Crippen LogP contribution in [-0.2, 0) is 0 Å². The zero-order chi connectivity index (χ0) is 11.1. The Bertz CT molecular complexity index is 452. The molecule has 76 valence electrons. The predicted octanol–water partition coefficient (Wildman–Crippen LogP) is 2.46. The van der Waals surface area contributed by atoms with Gasteiger partial charge in [0.2, 0.25) is 0 Å². The van der Waals surface area contributed by atoms with Gasteiger partial charge in [0.1, 0.15) is 5.82 Å². The molecule has 0 unspecified atom stereocenters. The van der Waals surface area contributed by atoms with E-state index < -0.39 is 5.82 Å². The zero-order valence-corrected chi connectivity index (χ0v) is 7.94. The molecule has 0 saturated carbocycles. The van der Waals surface area contributed by atoms with Crippen LogP contribution in [0.15, 0.2) is 23.3 Å². The van der Waals surface area contributed by atoms with Gasteiger partial charge in [-0.15, -0.1) is 0 Å². The van der Waals surface area contributed by atoms with Crippen molar-refractivity contribution in [2.75, 3.05) is 12.3 Å². The van der Waals surface area contributed by atoms with Crippen molar-refractivity contribution in [3.63, 3.8) is 0 Å². The summed E-state index contributed by atoms with van der Waals surface area (Å²) in [5.74, 6) is 4.90. The first-order valence-electron chi connectivity index (χ1n) is 4.29. The van der Waals surface area contributed by atoms with Gasteiger partial charge in [0, 0.05) is 23.6 Å². The molecule has 0 aliphatic carbocycles. The van der Waals surface area contributed by atoms with E-state index in [1.54, 1.807) is 6.07 Å². The van der Waals surface area contributed by atoms with Crippen LogP contribution in [0.5, 0.6) is 0 Å². The third kappa shape index (κ3) is 3.59. The van der Waals surface area contributed by atoms with E-state index in [1.165, 1.54) is 12.1 Å². The summed E-state index contributed by atoms with van der Waals surface area (Å²) >= 11 is 0. The van der Waals surface area contributed by atoms with Crippen molar-refractivity contribution in [3.05, 3.63) is 40.0 Å². The minimum absolute atomic E-state index is 0.292. The first-order chi connectivity index (χ1) is 7.24. The summed E-state index contributed by atoms with van der Waals surface area (Å²) in [5, 5.41) is 3.30. The molecule has 0 heterocycles. The molecule has 0 aromatic heterocycles. The number of anilines is 1. The van der Waals surface area contributed by atoms with E-state index in [1.807, 2.05) is 0 Å². The Kier molecular flexibility index (Phi) is 4.02. The minimum Gasteiger partial charge on any atom is -0.399 e. The number of azide groups is 1. The second-order valence-corrected chi connectivity index (χ2v) is 2.75. The Morgan fingerprint density at radius 3 is 3.00 bits per heavy atom. The van der Waals surface area contributed by atoms with Gasteiger partial charge in [0.25, 0.3) is 0 Å². The van der Waals surface area contributed by atoms with Crippen molar-refractivity contribution in [3.8, 4) is 11.8 Å². The number of halogens is 1. The maximum atomic E-state index is 13.2. The van der Waals surface area contributed by atoms with Gasteiger partial charge in [-0.2, -0.15) is 0 Å². The van der Waals surface area contributed by atoms with Crippen molar-refractivity contribution in [2.24, 2.45) is 5.11 Å². The van der Waals surface area contributed by atoms with Gasteiger partial charge >= 0.3 is 0 Å². The zero-order valence-electron chi connectivity index (χ0n) is 7.94. The standard InChI is InChI=1S/C10H9FN4/c11-10-7-9(12)5-4-8(10)3-1-2-6-14-15-13/h4-5,7H,2,6,12H2. The third-order valence-corrected chi connectivity index (χ3v) is 1.62. The van der Waals surface area contributed by atoms with Crippen LogP contribution in [0, 0.1) is 17.7 Å². The lowest BCUT2D eigenvalue weighted by atomic mass is 10.2. The van der Waals surface area contributed by atoms with Gasteiger partial charge in [-0.1, -0.05) is 17.0 Å². The first-order valence-corrected chi connectivity index (χ1v) is 4.29. The van der Waals surface area contributed by atoms with E-state index in [-0.39, 0.29) is 0 Å². The van der Waals surface area contributed by atoms with Crippen LogP contribution >= 0.6 is 0 Å². The summed E-state index contributed by atoms with van der Waals surface area (Å²) in [5.41, 5.74) is 14.0. The number of hydrogen-bond acceptors (Lipinski definition) is 2. The smallest absolute Gasteiger partial charge is 0.140 e. The SMILES string of the molecule is [N-]=[N+]=NCCC#Cc1ccc(N)cc1F. The lowest BCUT2D eigenvalue weighted by Crippen LogP contribution is -1.89. The summed E-state index contributed by atoms with van der Waals surface area (Å²) in [6, 6.07) is 4.32. The quantitative estimate of drug-likeness (QED) is 0.197. The molecular formula is C10H9FN4. The van der Waals surface area contributed by atoms with Gasteiger partial charge in [-0.3, -0.25) is 0 Å². The number of benzene rings is 1. The average Bonchev–Trinajstić information content (AvgIpc) is 2.20. The van der Waals surface area contributed by atoms with Crippen LogP contribution < -0.4 is 5.73 Å². The van der Waals surface area contributed by atoms with Crippen molar-refractivity contribution in [2.45, 2.75) is 6.42 Å². The number of nitrogens with two attached hydrogens (primary N) is 1. The Labute approximate surface area is 86.5 Å². The second-order valence-electron chi connectivity index (χ2n) is 2.75. The molecule has 2 N–H and O–H groups in total. The lowest BCUT2D eigenvalue weighted by molar-refractivity contribution is 0.625. The molecule has 0 aliphatic rings. The van der Waals surface area contributed by atoms with E-state index in [4.69, 9.17) is 11.3 Å². The molecule has 0 bridgehead atoms. The van der Waals surface area contributed by atoms with E-state index in [0.29, 0.717) is 24.2 Å². The van der Waals surface area contributed by atoms with Crippen LogP contribution in [-0.4, -0.2) is 6.54 Å². The molecule has 15 heavy (non-hydrogen) atoms. The maximum Gasteiger partial charge on any atom is 0.140 e. The molecule has 5 heteroatoms. The molecule has 4 nitrogen and oxygen atoms in total. The van der Waals surface area contributed by atoms with Gasteiger partial charge in [0.15, 0.2) is 0 Å². The summed E-state index contributed by atoms with van der Waals surface area (Å²) in [6.07, 6.45) is 0.411. The van der Waals surface area contributed by atoms with Crippen LogP contribution in [0.4, 0.5) is 10.1 Å².